The summed E-state index contributed by atoms with van der Waals surface area (Å²) in [6.45, 7) is 5.10. The number of aliphatic imine (C=N–C) groups is 1. The zero-order valence-corrected chi connectivity index (χ0v) is 12.3. The van der Waals surface area contributed by atoms with Crippen LogP contribution in [-0.2, 0) is 6.42 Å². The smallest absolute Gasteiger partial charge is 0.191 e. The van der Waals surface area contributed by atoms with Crippen LogP contribution in [0.5, 0.6) is 0 Å². The molecule has 16 heavy (non-hydrogen) atoms. The number of rotatable bonds is 4. The quantitative estimate of drug-likeness (QED) is 0.663. The fourth-order valence-corrected chi connectivity index (χ4v) is 2.74. The first kappa shape index (κ1) is 13.5. The van der Waals surface area contributed by atoms with Gasteiger partial charge in [0.1, 0.15) is 0 Å². The normalized spacial score (nSPS) is 11.9. The Bertz CT molecular complexity index is 347. The van der Waals surface area contributed by atoms with Crippen LogP contribution >= 0.6 is 27.3 Å². The van der Waals surface area contributed by atoms with Gasteiger partial charge in [-0.3, -0.25) is 4.99 Å². The van der Waals surface area contributed by atoms with Gasteiger partial charge in [0.25, 0.3) is 0 Å². The van der Waals surface area contributed by atoms with Gasteiger partial charge in [0.05, 0.1) is 3.79 Å². The number of nitrogens with zero attached hydrogens (tertiary/aromatic N) is 1. The Balaban J connectivity index is 2.29. The lowest BCUT2D eigenvalue weighted by Gasteiger charge is -2.13. The molecule has 0 atom stereocenters. The molecule has 0 bridgehead atoms. The van der Waals surface area contributed by atoms with Gasteiger partial charge in [0, 0.05) is 24.5 Å². The summed E-state index contributed by atoms with van der Waals surface area (Å²) in [6.07, 6.45) is 1.02. The van der Waals surface area contributed by atoms with Crippen molar-refractivity contribution in [3.63, 3.8) is 0 Å². The zero-order valence-electron chi connectivity index (χ0n) is 9.88. The summed E-state index contributed by atoms with van der Waals surface area (Å²) in [6, 6.07) is 4.64. The highest BCUT2D eigenvalue weighted by Gasteiger charge is 2.01. The molecule has 0 saturated carbocycles. The van der Waals surface area contributed by atoms with Gasteiger partial charge in [0.2, 0.25) is 0 Å². The number of halogens is 1. The van der Waals surface area contributed by atoms with Gasteiger partial charge in [-0.1, -0.05) is 0 Å². The van der Waals surface area contributed by atoms with E-state index in [1.54, 1.807) is 18.4 Å². The number of nitrogens with one attached hydrogen (secondary N) is 2. The first-order valence-corrected chi connectivity index (χ1v) is 6.94. The Morgan fingerprint density at radius 3 is 2.75 bits per heavy atom. The molecule has 0 aliphatic heterocycles. The van der Waals surface area contributed by atoms with Crippen molar-refractivity contribution in [2.75, 3.05) is 13.6 Å². The number of guanidine groups is 1. The maximum absolute atomic E-state index is 4.15. The summed E-state index contributed by atoms with van der Waals surface area (Å²) in [4.78, 5) is 5.53. The largest absolute Gasteiger partial charge is 0.356 e. The van der Waals surface area contributed by atoms with Crippen LogP contribution in [0.25, 0.3) is 0 Å². The van der Waals surface area contributed by atoms with Crippen LogP contribution in [0.4, 0.5) is 0 Å². The van der Waals surface area contributed by atoms with Gasteiger partial charge in [-0.2, -0.15) is 0 Å². The summed E-state index contributed by atoms with van der Waals surface area (Å²) >= 11 is 5.24. The van der Waals surface area contributed by atoms with Gasteiger partial charge in [-0.25, -0.2) is 0 Å². The highest BCUT2D eigenvalue weighted by molar-refractivity contribution is 9.11. The van der Waals surface area contributed by atoms with Crippen molar-refractivity contribution in [2.45, 2.75) is 26.3 Å². The SMILES string of the molecule is CN=C(NCCc1ccc(Br)s1)NC(C)C. The molecule has 0 aromatic carbocycles. The Kier molecular flexibility index (Phi) is 5.84. The predicted molar refractivity (Wildman–Crippen MR) is 75.4 cm³/mol. The van der Waals surface area contributed by atoms with E-state index in [2.05, 4.69) is 57.5 Å². The minimum atomic E-state index is 0.405. The fraction of sp³-hybridized carbons (Fsp3) is 0.545. The fourth-order valence-electron chi connectivity index (χ4n) is 1.26. The van der Waals surface area contributed by atoms with Crippen molar-refractivity contribution >= 4 is 33.2 Å². The maximum Gasteiger partial charge on any atom is 0.191 e. The highest BCUT2D eigenvalue weighted by atomic mass is 79.9. The van der Waals surface area contributed by atoms with E-state index in [0.29, 0.717) is 6.04 Å². The second-order valence-electron chi connectivity index (χ2n) is 3.75. The second-order valence-corrected chi connectivity index (χ2v) is 6.30. The monoisotopic (exact) mass is 303 g/mol. The van der Waals surface area contributed by atoms with E-state index in [1.165, 1.54) is 8.66 Å². The van der Waals surface area contributed by atoms with Crippen molar-refractivity contribution in [1.82, 2.24) is 10.6 Å². The molecule has 90 valence electrons. The molecule has 0 amide bonds. The molecule has 0 radical (unpaired) electrons. The van der Waals surface area contributed by atoms with Gasteiger partial charge >= 0.3 is 0 Å². The molecular weight excluding hydrogens is 286 g/mol. The molecule has 3 nitrogen and oxygen atoms in total. The third-order valence-corrected chi connectivity index (χ3v) is 3.63. The molecule has 0 spiro atoms. The van der Waals surface area contributed by atoms with Gasteiger partial charge < -0.3 is 10.6 Å². The molecule has 1 aromatic rings. The second kappa shape index (κ2) is 6.91. The summed E-state index contributed by atoms with van der Waals surface area (Å²) in [5, 5.41) is 6.54. The van der Waals surface area contributed by atoms with E-state index >= 15 is 0 Å². The number of hydrogen-bond donors (Lipinski definition) is 2. The number of hydrogen-bond acceptors (Lipinski definition) is 2. The third kappa shape index (κ3) is 4.99. The zero-order chi connectivity index (χ0) is 12.0. The van der Waals surface area contributed by atoms with E-state index in [1.807, 2.05) is 0 Å². The number of thiophene rings is 1. The van der Waals surface area contributed by atoms with Crippen molar-refractivity contribution in [3.05, 3.63) is 20.8 Å². The Morgan fingerprint density at radius 1 is 1.50 bits per heavy atom. The molecule has 1 rings (SSSR count). The van der Waals surface area contributed by atoms with Crippen LogP contribution in [-0.4, -0.2) is 25.6 Å². The van der Waals surface area contributed by atoms with Crippen LogP contribution in [0, 0.1) is 0 Å². The molecule has 1 aromatic heterocycles. The molecule has 2 N–H and O–H groups in total. The first-order chi connectivity index (χ1) is 7.61. The lowest BCUT2D eigenvalue weighted by Crippen LogP contribution is -2.41. The van der Waals surface area contributed by atoms with Crippen LogP contribution in [0.3, 0.4) is 0 Å². The van der Waals surface area contributed by atoms with Crippen LogP contribution in [0.1, 0.15) is 18.7 Å². The Hall–Kier alpha value is -0.550. The minimum absolute atomic E-state index is 0.405. The van der Waals surface area contributed by atoms with E-state index in [0.717, 1.165) is 18.9 Å². The molecular formula is C11H18BrN3S. The predicted octanol–water partition coefficient (Wildman–Crippen LogP) is 2.63. The molecule has 0 aliphatic rings. The van der Waals surface area contributed by atoms with Gasteiger partial charge in [-0.05, 0) is 48.3 Å². The van der Waals surface area contributed by atoms with Crippen LogP contribution in [0.15, 0.2) is 20.9 Å². The van der Waals surface area contributed by atoms with Gasteiger partial charge in [0.15, 0.2) is 5.96 Å². The average molecular weight is 304 g/mol. The average Bonchev–Trinajstić information content (AvgIpc) is 2.62. The van der Waals surface area contributed by atoms with E-state index in [-0.39, 0.29) is 0 Å². The molecule has 5 heteroatoms. The molecule has 0 unspecified atom stereocenters. The first-order valence-electron chi connectivity index (χ1n) is 5.33. The van der Waals surface area contributed by atoms with E-state index < -0.39 is 0 Å². The minimum Gasteiger partial charge on any atom is -0.356 e. The van der Waals surface area contributed by atoms with Crippen LogP contribution < -0.4 is 10.6 Å². The van der Waals surface area contributed by atoms with Crippen molar-refractivity contribution < 1.29 is 0 Å². The Morgan fingerprint density at radius 2 is 2.25 bits per heavy atom. The lowest BCUT2D eigenvalue weighted by molar-refractivity contribution is 0.699. The van der Waals surface area contributed by atoms with Crippen molar-refractivity contribution in [2.24, 2.45) is 4.99 Å². The summed E-state index contributed by atoms with van der Waals surface area (Å²) in [5.74, 6) is 0.866. The highest BCUT2D eigenvalue weighted by Crippen LogP contribution is 2.21. The van der Waals surface area contributed by atoms with E-state index in [9.17, 15) is 0 Å². The van der Waals surface area contributed by atoms with Gasteiger partial charge in [-0.15, -0.1) is 11.3 Å². The third-order valence-electron chi connectivity index (χ3n) is 1.94. The summed E-state index contributed by atoms with van der Waals surface area (Å²) in [5.41, 5.74) is 0. The standard InChI is InChI=1S/C11H18BrN3S/c1-8(2)15-11(13-3)14-7-6-9-4-5-10(12)16-9/h4-5,8H,6-7H2,1-3H3,(H2,13,14,15). The van der Waals surface area contributed by atoms with Crippen molar-refractivity contribution in [3.8, 4) is 0 Å². The van der Waals surface area contributed by atoms with E-state index in [4.69, 9.17) is 0 Å². The summed E-state index contributed by atoms with van der Waals surface area (Å²) in [7, 11) is 1.79. The maximum atomic E-state index is 4.15. The lowest BCUT2D eigenvalue weighted by atomic mass is 10.3. The van der Waals surface area contributed by atoms with Crippen LogP contribution in [0.2, 0.25) is 0 Å². The molecule has 0 saturated heterocycles. The molecule has 1 heterocycles. The topological polar surface area (TPSA) is 36.4 Å². The molecule has 0 fully saturated rings. The Labute approximate surface area is 109 Å². The van der Waals surface area contributed by atoms with Crippen molar-refractivity contribution in [1.29, 1.82) is 0 Å². The molecule has 0 aliphatic carbocycles. The summed E-state index contributed by atoms with van der Waals surface area (Å²) < 4.78 is 1.19.